The lowest BCUT2D eigenvalue weighted by Crippen LogP contribution is -2.64. The predicted octanol–water partition coefficient (Wildman–Crippen LogP) is -9.93. The van der Waals surface area contributed by atoms with Gasteiger partial charge in [-0.25, -0.2) is 0 Å². The Morgan fingerprint density at radius 1 is 0.309 bits per heavy atom. The van der Waals surface area contributed by atoms with Crippen LogP contribution in [0.2, 0.25) is 0 Å². The van der Waals surface area contributed by atoms with Gasteiger partial charge in [0.25, 0.3) is 0 Å². The van der Waals surface area contributed by atoms with Crippen LogP contribution < -0.4 is 42.5 Å². The van der Waals surface area contributed by atoms with Gasteiger partial charge < -0.3 is 178 Å². The number of rotatable bonds is 67. The molecule has 0 radical (unpaired) electrons. The smallest absolute Gasteiger partial charge is 0.222 e. The number of aliphatic hydroxyl groups excluding tert-OH is 9. The molecule has 7 amide bonds. The minimum Gasteiger partial charge on any atom is -0.394 e. The zero-order valence-corrected chi connectivity index (χ0v) is 63.6. The standard InChI is InChI=1S/C67H124N8O35/c1-45(79)72-55-61(89)58(86)48(39-76)108-64(55)105-36-33-99-28-23-94-18-10-69-51(82)5-14-102-42-67(75-54(85)8-13-92-21-26-97-31-32-98-27-22-93-17-9-68-4,43-103-15-6-52(83)70-11-19-95-24-29-100-34-37-106-65-56(73-46(2)80)62(90)59(87)49(40-77)109-65)44-104-16-7-53(84)71-12-20-96-25-30-101-35-38-107-66-57(74-47(3)81)63(91)60(88)50(41-78)110-66/h48-50,55-66,68,76-78,86-91H,5-44H2,1-4H3,(H,69,82)(H,70,83)(H,71,84)(H,72,79)(H,73,80)(H,74,81)(H,75,85). The van der Waals surface area contributed by atoms with Gasteiger partial charge in [0.15, 0.2) is 18.9 Å². The Morgan fingerprint density at radius 3 is 0.809 bits per heavy atom. The van der Waals surface area contributed by atoms with E-state index < -0.39 is 159 Å². The first-order valence-corrected chi connectivity index (χ1v) is 36.9. The number of aliphatic hydroxyl groups is 9. The van der Waals surface area contributed by atoms with Gasteiger partial charge in [0, 0.05) is 72.6 Å². The van der Waals surface area contributed by atoms with Gasteiger partial charge in [-0.3, -0.25) is 33.6 Å². The lowest BCUT2D eigenvalue weighted by atomic mass is 9.97. The number of ether oxygens (including phenoxy) is 19. The topological polar surface area (TPSA) is 573 Å². The quantitative estimate of drug-likeness (QED) is 0.0251. The summed E-state index contributed by atoms with van der Waals surface area (Å²) >= 11 is 0. The monoisotopic (exact) mass is 1600 g/mol. The second kappa shape index (κ2) is 61.6. The Balaban J connectivity index is 1.54. The summed E-state index contributed by atoms with van der Waals surface area (Å²) < 4.78 is 107. The summed E-state index contributed by atoms with van der Waals surface area (Å²) in [6.45, 7) is 5.41. The van der Waals surface area contributed by atoms with Crippen molar-refractivity contribution in [3.63, 3.8) is 0 Å². The number of likely N-dealkylation sites (N-methyl/N-ethyl adjacent to an activating group) is 1. The van der Waals surface area contributed by atoms with Gasteiger partial charge in [-0.05, 0) is 7.05 Å². The van der Waals surface area contributed by atoms with Crippen LogP contribution in [0, 0.1) is 0 Å². The molecule has 642 valence electrons. The molecule has 43 nitrogen and oxygen atoms in total. The van der Waals surface area contributed by atoms with E-state index in [1.807, 2.05) is 7.05 Å². The highest BCUT2D eigenvalue weighted by molar-refractivity contribution is 5.78. The third kappa shape index (κ3) is 43.6. The summed E-state index contributed by atoms with van der Waals surface area (Å²) in [4.78, 5) is 87.9. The van der Waals surface area contributed by atoms with Crippen molar-refractivity contribution in [1.29, 1.82) is 0 Å². The lowest BCUT2D eigenvalue weighted by molar-refractivity contribution is -0.272. The van der Waals surface area contributed by atoms with Gasteiger partial charge in [-0.2, -0.15) is 0 Å². The number of hydrogen-bond donors (Lipinski definition) is 17. The molecule has 0 aromatic rings. The van der Waals surface area contributed by atoms with E-state index in [0.717, 1.165) is 6.54 Å². The molecule has 15 atom stereocenters. The Bertz CT molecular complexity index is 2230. The third-order valence-corrected chi connectivity index (χ3v) is 16.1. The van der Waals surface area contributed by atoms with E-state index in [9.17, 15) is 79.5 Å². The van der Waals surface area contributed by atoms with Crippen LogP contribution in [0.1, 0.15) is 46.5 Å². The van der Waals surface area contributed by atoms with Gasteiger partial charge in [-0.1, -0.05) is 0 Å². The highest BCUT2D eigenvalue weighted by Gasteiger charge is 2.48. The maximum Gasteiger partial charge on any atom is 0.222 e. The van der Waals surface area contributed by atoms with Gasteiger partial charge >= 0.3 is 0 Å². The third-order valence-electron chi connectivity index (χ3n) is 16.1. The molecule has 0 aromatic carbocycles. The molecule has 3 fully saturated rings. The fourth-order valence-electron chi connectivity index (χ4n) is 10.5. The van der Waals surface area contributed by atoms with Crippen LogP contribution in [0.4, 0.5) is 0 Å². The van der Waals surface area contributed by atoms with E-state index in [2.05, 4.69) is 42.5 Å². The average molecular weight is 1600 g/mol. The number of hydrogen-bond acceptors (Lipinski definition) is 36. The summed E-state index contributed by atoms with van der Waals surface area (Å²) in [5, 5.41) is 112. The molecule has 0 aromatic heterocycles. The molecule has 17 N–H and O–H groups in total. The maximum absolute atomic E-state index is 13.8. The average Bonchev–Trinajstić information content (AvgIpc) is 0.819. The number of carbonyl (C=O) groups is 7. The minimum atomic E-state index is -1.47. The second-order valence-electron chi connectivity index (χ2n) is 25.2. The largest absolute Gasteiger partial charge is 0.394 e. The molecule has 0 spiro atoms. The van der Waals surface area contributed by atoms with E-state index >= 15 is 0 Å². The van der Waals surface area contributed by atoms with E-state index in [1.165, 1.54) is 20.8 Å². The molecule has 3 heterocycles. The van der Waals surface area contributed by atoms with Crippen molar-refractivity contribution in [2.45, 2.75) is 144 Å². The van der Waals surface area contributed by atoms with E-state index in [1.54, 1.807) is 0 Å². The zero-order chi connectivity index (χ0) is 80.6. The normalized spacial score (nSPS) is 24.6. The van der Waals surface area contributed by atoms with Crippen molar-refractivity contribution in [2.75, 3.05) is 245 Å². The fourth-order valence-corrected chi connectivity index (χ4v) is 10.5. The fraction of sp³-hybridized carbons (Fsp3) is 0.896. The first-order valence-electron chi connectivity index (χ1n) is 36.9. The lowest BCUT2D eigenvalue weighted by Gasteiger charge is -2.42. The van der Waals surface area contributed by atoms with E-state index in [0.29, 0.717) is 33.0 Å². The molecule has 0 aliphatic carbocycles. The molecule has 3 saturated heterocycles. The van der Waals surface area contributed by atoms with Gasteiger partial charge in [-0.15, -0.1) is 0 Å². The Labute approximate surface area is 640 Å². The first-order chi connectivity index (χ1) is 53.1. The molecular weight excluding hydrogens is 1480 g/mol. The van der Waals surface area contributed by atoms with E-state index in [4.69, 9.17) is 90.0 Å². The van der Waals surface area contributed by atoms with Crippen molar-refractivity contribution in [2.24, 2.45) is 0 Å². The highest BCUT2D eigenvalue weighted by atomic mass is 16.7. The summed E-state index contributed by atoms with van der Waals surface area (Å²) in [7, 11) is 1.83. The molecular formula is C67H124N8O35. The molecule has 0 bridgehead atoms. The Kier molecular flexibility index (Phi) is 55.6. The van der Waals surface area contributed by atoms with Crippen molar-refractivity contribution < 1.29 is 170 Å². The van der Waals surface area contributed by atoms with Gasteiger partial charge in [0.1, 0.15) is 78.6 Å². The molecule has 0 saturated carbocycles. The van der Waals surface area contributed by atoms with Crippen LogP contribution in [0.25, 0.3) is 0 Å². The van der Waals surface area contributed by atoms with Crippen LogP contribution >= 0.6 is 0 Å². The molecule has 110 heavy (non-hydrogen) atoms. The summed E-state index contributed by atoms with van der Waals surface area (Å²) in [5.74, 6) is -3.18. The highest BCUT2D eigenvalue weighted by Crippen LogP contribution is 2.25. The van der Waals surface area contributed by atoms with Crippen LogP contribution in [0.15, 0.2) is 0 Å². The zero-order valence-electron chi connectivity index (χ0n) is 63.6. The molecule has 3 aliphatic rings. The maximum atomic E-state index is 13.8. The van der Waals surface area contributed by atoms with Crippen molar-refractivity contribution in [3.05, 3.63) is 0 Å². The second-order valence-corrected chi connectivity index (χ2v) is 25.2. The number of carbonyl (C=O) groups excluding carboxylic acids is 7. The summed E-state index contributed by atoms with van der Waals surface area (Å²) in [6.07, 6.45) is -16.3. The Morgan fingerprint density at radius 2 is 0.545 bits per heavy atom. The molecule has 43 heteroatoms. The summed E-state index contributed by atoms with van der Waals surface area (Å²) in [5.41, 5.74) is -1.47. The molecule has 15 unspecified atom stereocenters. The van der Waals surface area contributed by atoms with Crippen molar-refractivity contribution in [3.8, 4) is 0 Å². The molecule has 3 rings (SSSR count). The Hall–Kier alpha value is -4.87. The number of nitrogens with one attached hydrogen (secondary N) is 8. The SMILES string of the molecule is CNCCOCCOCCOCCOCCC(=O)NC(COCCC(=O)NCCOCCOCCOC1OC(CO)C(O)C(O)C1NC(C)=O)(COCCC(=O)NCCOCCOCCOC1OC(CO)C(O)C(O)C1NC(C)=O)COCCC(=O)NCCOCCOCCOC1OC(CO)C(O)C(O)C1NC(C)=O. The number of amides is 7. The van der Waals surface area contributed by atoms with Crippen molar-refractivity contribution >= 4 is 41.4 Å². The summed E-state index contributed by atoms with van der Waals surface area (Å²) in [6, 6.07) is -3.31. The van der Waals surface area contributed by atoms with Crippen molar-refractivity contribution in [1.82, 2.24) is 42.5 Å². The van der Waals surface area contributed by atoms with Crippen LogP contribution in [0.5, 0.6) is 0 Å². The van der Waals surface area contributed by atoms with Crippen LogP contribution in [-0.4, -0.2) is 429 Å². The first kappa shape index (κ1) is 99.3. The van der Waals surface area contributed by atoms with Crippen LogP contribution in [-0.2, 0) is 124 Å². The van der Waals surface area contributed by atoms with Gasteiger partial charge in [0.05, 0.1) is 211 Å². The predicted molar refractivity (Wildman–Crippen MR) is 377 cm³/mol. The minimum absolute atomic E-state index is 0.0143. The van der Waals surface area contributed by atoms with Crippen LogP contribution in [0.3, 0.4) is 0 Å². The molecule has 3 aliphatic heterocycles. The van der Waals surface area contributed by atoms with Gasteiger partial charge in [0.2, 0.25) is 41.4 Å². The van der Waals surface area contributed by atoms with E-state index in [-0.39, 0.29) is 204 Å².